The van der Waals surface area contributed by atoms with Crippen LogP contribution in [-0.4, -0.2) is 41.8 Å². The Kier molecular flexibility index (Phi) is 6.87. The van der Waals surface area contributed by atoms with Crippen LogP contribution in [-0.2, 0) is 14.3 Å². The predicted molar refractivity (Wildman–Crippen MR) is 121 cm³/mol. The standard InChI is InChI=1S/C25H30N2O5/c1-15(13-21(28)27-22(23(29)30)25(2,3)4)26-24(31)32-14-20-18-11-7-5-9-16(18)17-10-6-8-12-19(17)20/h5-12,15,20,22H,13-14H2,1-4H3,(H,26,31)(H,27,28)(H,29,30)/t15-,22-/m1/s1. The van der Waals surface area contributed by atoms with Gasteiger partial charge in [-0.3, -0.25) is 4.79 Å². The van der Waals surface area contributed by atoms with Crippen molar-refractivity contribution in [3.05, 3.63) is 59.7 Å². The molecule has 0 bridgehead atoms. The average Bonchev–Trinajstić information content (AvgIpc) is 3.03. The minimum Gasteiger partial charge on any atom is -0.480 e. The summed E-state index contributed by atoms with van der Waals surface area (Å²) in [5, 5.41) is 14.5. The number of carbonyl (C=O) groups excluding carboxylic acids is 2. The van der Waals surface area contributed by atoms with E-state index in [4.69, 9.17) is 4.74 Å². The van der Waals surface area contributed by atoms with Gasteiger partial charge in [-0.1, -0.05) is 69.3 Å². The number of amides is 2. The van der Waals surface area contributed by atoms with E-state index in [0.29, 0.717) is 0 Å². The summed E-state index contributed by atoms with van der Waals surface area (Å²) in [7, 11) is 0. The van der Waals surface area contributed by atoms with Crippen molar-refractivity contribution in [2.24, 2.45) is 5.41 Å². The number of alkyl carbamates (subject to hydrolysis) is 1. The van der Waals surface area contributed by atoms with Gasteiger partial charge < -0.3 is 20.5 Å². The summed E-state index contributed by atoms with van der Waals surface area (Å²) in [5.74, 6) is -1.59. The number of benzene rings is 2. The summed E-state index contributed by atoms with van der Waals surface area (Å²) in [6.07, 6.45) is -0.665. The second-order valence-electron chi connectivity index (χ2n) is 9.28. The Morgan fingerprint density at radius 1 is 0.969 bits per heavy atom. The van der Waals surface area contributed by atoms with Gasteiger partial charge in [0, 0.05) is 18.4 Å². The second kappa shape index (κ2) is 9.42. The molecule has 3 N–H and O–H groups in total. The summed E-state index contributed by atoms with van der Waals surface area (Å²) in [4.78, 5) is 36.0. The molecule has 2 aromatic carbocycles. The fourth-order valence-electron chi connectivity index (χ4n) is 4.04. The van der Waals surface area contributed by atoms with Crippen LogP contribution >= 0.6 is 0 Å². The Bertz CT molecular complexity index is 966. The van der Waals surface area contributed by atoms with E-state index >= 15 is 0 Å². The van der Waals surface area contributed by atoms with Gasteiger partial charge in [0.05, 0.1) is 0 Å². The zero-order valence-corrected chi connectivity index (χ0v) is 18.8. The highest BCUT2D eigenvalue weighted by atomic mass is 16.5. The van der Waals surface area contributed by atoms with Crippen molar-refractivity contribution in [1.29, 1.82) is 0 Å². The van der Waals surface area contributed by atoms with Crippen molar-refractivity contribution in [2.75, 3.05) is 6.61 Å². The lowest BCUT2D eigenvalue weighted by Crippen LogP contribution is -2.50. The molecule has 1 aliphatic rings. The molecule has 0 saturated heterocycles. The normalized spacial score (nSPS) is 14.6. The van der Waals surface area contributed by atoms with Crippen LogP contribution in [0, 0.1) is 5.41 Å². The molecule has 0 heterocycles. The summed E-state index contributed by atoms with van der Waals surface area (Å²) in [5.41, 5.74) is 3.90. The average molecular weight is 439 g/mol. The number of carbonyl (C=O) groups is 3. The van der Waals surface area contributed by atoms with Crippen LogP contribution in [0.2, 0.25) is 0 Å². The molecule has 0 spiro atoms. The van der Waals surface area contributed by atoms with Crippen LogP contribution in [0.5, 0.6) is 0 Å². The topological polar surface area (TPSA) is 105 Å². The minimum absolute atomic E-state index is 0.0464. The van der Waals surface area contributed by atoms with Crippen LogP contribution in [0.1, 0.15) is 51.2 Å². The maximum absolute atomic E-state index is 12.3. The molecule has 0 radical (unpaired) electrons. The van der Waals surface area contributed by atoms with Crippen molar-refractivity contribution in [2.45, 2.75) is 52.1 Å². The molecule has 1 aliphatic carbocycles. The number of hydrogen-bond acceptors (Lipinski definition) is 4. The molecule has 2 amide bonds. The first-order chi connectivity index (χ1) is 15.1. The van der Waals surface area contributed by atoms with Gasteiger partial charge in [0.25, 0.3) is 0 Å². The van der Waals surface area contributed by atoms with E-state index in [9.17, 15) is 19.5 Å². The Labute approximate surface area is 188 Å². The fraction of sp³-hybridized carbons (Fsp3) is 0.400. The molecule has 0 saturated carbocycles. The molecule has 0 aliphatic heterocycles. The van der Waals surface area contributed by atoms with Gasteiger partial charge >= 0.3 is 12.1 Å². The Morgan fingerprint density at radius 2 is 1.50 bits per heavy atom. The second-order valence-corrected chi connectivity index (χ2v) is 9.28. The molecule has 0 unspecified atom stereocenters. The third kappa shape index (κ3) is 5.28. The number of aliphatic carboxylic acids is 1. The number of carboxylic acid groups (broad SMARTS) is 1. The lowest BCUT2D eigenvalue weighted by atomic mass is 9.86. The van der Waals surface area contributed by atoms with Gasteiger partial charge in [-0.2, -0.15) is 0 Å². The van der Waals surface area contributed by atoms with Crippen molar-refractivity contribution in [3.63, 3.8) is 0 Å². The molecule has 0 fully saturated rings. The maximum atomic E-state index is 12.3. The van der Waals surface area contributed by atoms with Crippen LogP contribution in [0.25, 0.3) is 11.1 Å². The highest BCUT2D eigenvalue weighted by molar-refractivity contribution is 5.84. The Hall–Kier alpha value is -3.35. The van der Waals surface area contributed by atoms with E-state index < -0.39 is 35.5 Å². The molecule has 2 atom stereocenters. The van der Waals surface area contributed by atoms with Gasteiger partial charge in [0.2, 0.25) is 5.91 Å². The lowest BCUT2D eigenvalue weighted by Gasteiger charge is -2.28. The Morgan fingerprint density at radius 3 is 2.00 bits per heavy atom. The molecule has 32 heavy (non-hydrogen) atoms. The molecule has 7 heteroatoms. The van der Waals surface area contributed by atoms with Crippen LogP contribution in [0.3, 0.4) is 0 Å². The summed E-state index contributed by atoms with van der Waals surface area (Å²) < 4.78 is 5.49. The highest BCUT2D eigenvalue weighted by Gasteiger charge is 2.33. The van der Waals surface area contributed by atoms with E-state index in [0.717, 1.165) is 22.3 Å². The number of nitrogens with one attached hydrogen (secondary N) is 2. The number of carboxylic acids is 1. The first kappa shape index (κ1) is 23.3. The van der Waals surface area contributed by atoms with Gasteiger partial charge in [0.15, 0.2) is 0 Å². The third-order valence-corrected chi connectivity index (χ3v) is 5.62. The first-order valence-corrected chi connectivity index (χ1v) is 10.7. The quantitative estimate of drug-likeness (QED) is 0.608. The zero-order chi connectivity index (χ0) is 23.5. The molecular weight excluding hydrogens is 408 g/mol. The minimum atomic E-state index is -1.09. The summed E-state index contributed by atoms with van der Waals surface area (Å²) >= 11 is 0. The highest BCUT2D eigenvalue weighted by Crippen LogP contribution is 2.44. The molecule has 7 nitrogen and oxygen atoms in total. The maximum Gasteiger partial charge on any atom is 0.407 e. The van der Waals surface area contributed by atoms with Crippen LogP contribution in [0.15, 0.2) is 48.5 Å². The van der Waals surface area contributed by atoms with E-state index in [1.165, 1.54) is 0 Å². The van der Waals surface area contributed by atoms with Gasteiger partial charge in [-0.25, -0.2) is 9.59 Å². The number of fused-ring (bicyclic) bond motifs is 3. The number of hydrogen-bond donors (Lipinski definition) is 3. The molecule has 2 aromatic rings. The number of ether oxygens (including phenoxy) is 1. The summed E-state index contributed by atoms with van der Waals surface area (Å²) in [6, 6.07) is 14.6. The number of rotatable bonds is 7. The molecular formula is C25H30N2O5. The van der Waals surface area contributed by atoms with E-state index in [-0.39, 0.29) is 18.9 Å². The van der Waals surface area contributed by atoms with Crippen LogP contribution in [0.4, 0.5) is 4.79 Å². The SMILES string of the molecule is C[C@H](CC(=O)N[C@H](C(=O)O)C(C)(C)C)NC(=O)OCC1c2ccccc2-c2ccccc21. The van der Waals surface area contributed by atoms with Gasteiger partial charge in [-0.05, 0) is 34.6 Å². The zero-order valence-electron chi connectivity index (χ0n) is 18.8. The Balaban J connectivity index is 1.54. The predicted octanol–water partition coefficient (Wildman–Crippen LogP) is 3.92. The van der Waals surface area contributed by atoms with E-state index in [1.807, 2.05) is 36.4 Å². The van der Waals surface area contributed by atoms with Crippen molar-refractivity contribution in [1.82, 2.24) is 10.6 Å². The van der Waals surface area contributed by atoms with Crippen molar-refractivity contribution < 1.29 is 24.2 Å². The van der Waals surface area contributed by atoms with Crippen molar-refractivity contribution in [3.8, 4) is 11.1 Å². The molecule has 0 aromatic heterocycles. The van der Waals surface area contributed by atoms with Crippen molar-refractivity contribution >= 4 is 18.0 Å². The fourth-order valence-corrected chi connectivity index (χ4v) is 4.04. The van der Waals surface area contributed by atoms with Gasteiger partial charge in [-0.15, -0.1) is 0 Å². The van der Waals surface area contributed by atoms with E-state index in [2.05, 4.69) is 22.8 Å². The lowest BCUT2D eigenvalue weighted by molar-refractivity contribution is -0.145. The summed E-state index contributed by atoms with van der Waals surface area (Å²) in [6.45, 7) is 7.08. The molecule has 3 rings (SSSR count). The van der Waals surface area contributed by atoms with Gasteiger partial charge in [0.1, 0.15) is 12.6 Å². The third-order valence-electron chi connectivity index (χ3n) is 5.62. The van der Waals surface area contributed by atoms with Crippen LogP contribution < -0.4 is 10.6 Å². The molecule has 170 valence electrons. The van der Waals surface area contributed by atoms with E-state index in [1.54, 1.807) is 27.7 Å². The monoisotopic (exact) mass is 438 g/mol. The smallest absolute Gasteiger partial charge is 0.407 e. The largest absolute Gasteiger partial charge is 0.480 e. The first-order valence-electron chi connectivity index (χ1n) is 10.7.